The maximum Gasteiger partial charge on any atom is -0.000581 e. The molecule has 0 aromatic heterocycles. The minimum absolute atomic E-state index is 0.772. The lowest BCUT2D eigenvalue weighted by molar-refractivity contribution is 0.340. The minimum Gasteiger partial charge on any atom is -0.319 e. The molecule has 0 aromatic rings. The first-order chi connectivity index (χ1) is 7.24. The zero-order valence-corrected chi connectivity index (χ0v) is 10.7. The second-order valence-corrected chi connectivity index (χ2v) is 5.37. The zero-order valence-electron chi connectivity index (χ0n) is 10.7. The first-order valence-electron chi connectivity index (χ1n) is 6.59. The van der Waals surface area contributed by atoms with Crippen LogP contribution in [0.1, 0.15) is 39.5 Å². The summed E-state index contributed by atoms with van der Waals surface area (Å²) >= 11 is 0. The first-order valence-corrected chi connectivity index (χ1v) is 6.59. The number of rotatable bonds is 7. The summed E-state index contributed by atoms with van der Waals surface area (Å²) in [6, 6.07) is 0. The molecule has 0 aliphatic heterocycles. The predicted molar refractivity (Wildman–Crippen MR) is 67.1 cm³/mol. The molecule has 1 unspecified atom stereocenters. The van der Waals surface area contributed by atoms with Crippen LogP contribution < -0.4 is 10.6 Å². The van der Waals surface area contributed by atoms with Gasteiger partial charge in [0.05, 0.1) is 0 Å². The number of hydrogen-bond donors (Lipinski definition) is 2. The normalized spacial score (nSPS) is 20.0. The summed E-state index contributed by atoms with van der Waals surface area (Å²) in [4.78, 5) is 0. The Morgan fingerprint density at radius 3 is 2.33 bits per heavy atom. The molecule has 1 atom stereocenters. The summed E-state index contributed by atoms with van der Waals surface area (Å²) in [6.07, 6.45) is 5.81. The Kier molecular flexibility index (Phi) is 6.26. The van der Waals surface area contributed by atoms with Crippen LogP contribution in [0.25, 0.3) is 0 Å². The molecule has 1 rings (SSSR count). The maximum absolute atomic E-state index is 3.65. The van der Waals surface area contributed by atoms with E-state index in [0.717, 1.165) is 24.3 Å². The van der Waals surface area contributed by atoms with Crippen LogP contribution >= 0.6 is 0 Å². The SMILES string of the molecule is CNCC(CNCC1CCCC1)C(C)C. The molecule has 0 saturated heterocycles. The van der Waals surface area contributed by atoms with Crippen molar-refractivity contribution in [1.29, 1.82) is 0 Å². The molecular formula is C13H28N2. The second-order valence-electron chi connectivity index (χ2n) is 5.37. The van der Waals surface area contributed by atoms with Crippen LogP contribution in [-0.4, -0.2) is 26.7 Å². The molecule has 1 saturated carbocycles. The van der Waals surface area contributed by atoms with Crippen LogP contribution in [0, 0.1) is 17.8 Å². The summed E-state index contributed by atoms with van der Waals surface area (Å²) < 4.78 is 0. The first kappa shape index (κ1) is 13.0. The standard InChI is InChI=1S/C13H28N2/c1-11(2)13(9-14-3)10-15-8-12-6-4-5-7-12/h11-15H,4-10H2,1-3H3. The zero-order chi connectivity index (χ0) is 11.1. The van der Waals surface area contributed by atoms with E-state index in [1.165, 1.54) is 38.8 Å². The minimum atomic E-state index is 0.772. The lowest BCUT2D eigenvalue weighted by Gasteiger charge is -2.22. The van der Waals surface area contributed by atoms with E-state index >= 15 is 0 Å². The van der Waals surface area contributed by atoms with Gasteiger partial charge in [-0.1, -0.05) is 26.7 Å². The van der Waals surface area contributed by atoms with Crippen molar-refractivity contribution in [3.63, 3.8) is 0 Å². The summed E-state index contributed by atoms with van der Waals surface area (Å²) in [6.45, 7) is 8.19. The Bertz CT molecular complexity index is 151. The second kappa shape index (κ2) is 7.24. The monoisotopic (exact) mass is 212 g/mol. The van der Waals surface area contributed by atoms with Crippen molar-refractivity contribution in [2.75, 3.05) is 26.7 Å². The third-order valence-electron chi connectivity index (χ3n) is 3.72. The van der Waals surface area contributed by atoms with Crippen LogP contribution in [0.4, 0.5) is 0 Å². The predicted octanol–water partition coefficient (Wildman–Crippen LogP) is 2.26. The smallest absolute Gasteiger partial charge is 0.000581 e. The van der Waals surface area contributed by atoms with Crippen molar-refractivity contribution in [3.05, 3.63) is 0 Å². The highest BCUT2D eigenvalue weighted by Crippen LogP contribution is 2.23. The highest BCUT2D eigenvalue weighted by atomic mass is 14.9. The molecule has 0 aromatic carbocycles. The van der Waals surface area contributed by atoms with E-state index in [0.29, 0.717) is 0 Å². The molecule has 2 nitrogen and oxygen atoms in total. The molecule has 0 spiro atoms. The number of hydrogen-bond acceptors (Lipinski definition) is 2. The molecule has 1 fully saturated rings. The fraction of sp³-hybridized carbons (Fsp3) is 1.00. The topological polar surface area (TPSA) is 24.1 Å². The fourth-order valence-corrected chi connectivity index (χ4v) is 2.49. The third-order valence-corrected chi connectivity index (χ3v) is 3.72. The van der Waals surface area contributed by atoms with Crippen molar-refractivity contribution in [1.82, 2.24) is 10.6 Å². The van der Waals surface area contributed by atoms with Gasteiger partial charge < -0.3 is 10.6 Å². The molecule has 90 valence electrons. The van der Waals surface area contributed by atoms with Crippen molar-refractivity contribution < 1.29 is 0 Å². The van der Waals surface area contributed by atoms with Gasteiger partial charge in [-0.15, -0.1) is 0 Å². The molecule has 1 aliphatic carbocycles. The van der Waals surface area contributed by atoms with Gasteiger partial charge in [0, 0.05) is 0 Å². The van der Waals surface area contributed by atoms with Gasteiger partial charge in [-0.3, -0.25) is 0 Å². The summed E-state index contributed by atoms with van der Waals surface area (Å²) in [5.41, 5.74) is 0. The van der Waals surface area contributed by atoms with Gasteiger partial charge in [-0.25, -0.2) is 0 Å². The van der Waals surface area contributed by atoms with E-state index in [-0.39, 0.29) is 0 Å². The molecule has 1 aliphatic rings. The molecule has 2 N–H and O–H groups in total. The highest BCUT2D eigenvalue weighted by molar-refractivity contribution is 4.72. The lowest BCUT2D eigenvalue weighted by Crippen LogP contribution is -2.35. The fourth-order valence-electron chi connectivity index (χ4n) is 2.49. The average molecular weight is 212 g/mol. The Morgan fingerprint density at radius 1 is 1.13 bits per heavy atom. The lowest BCUT2D eigenvalue weighted by atomic mass is 9.95. The van der Waals surface area contributed by atoms with E-state index in [2.05, 4.69) is 24.5 Å². The van der Waals surface area contributed by atoms with Crippen LogP contribution in [0.3, 0.4) is 0 Å². The van der Waals surface area contributed by atoms with Gasteiger partial charge >= 0.3 is 0 Å². The quantitative estimate of drug-likeness (QED) is 0.676. The van der Waals surface area contributed by atoms with E-state index in [1.807, 2.05) is 7.05 Å². The average Bonchev–Trinajstić information content (AvgIpc) is 2.69. The summed E-state index contributed by atoms with van der Waals surface area (Å²) in [5, 5.41) is 6.94. The van der Waals surface area contributed by atoms with Gasteiger partial charge in [-0.05, 0) is 57.3 Å². The van der Waals surface area contributed by atoms with Crippen molar-refractivity contribution in [2.24, 2.45) is 17.8 Å². The summed E-state index contributed by atoms with van der Waals surface area (Å²) in [5.74, 6) is 2.51. The van der Waals surface area contributed by atoms with Gasteiger partial charge in [-0.2, -0.15) is 0 Å². The Morgan fingerprint density at radius 2 is 1.80 bits per heavy atom. The van der Waals surface area contributed by atoms with Gasteiger partial charge in [0.2, 0.25) is 0 Å². The van der Waals surface area contributed by atoms with E-state index in [1.54, 1.807) is 0 Å². The van der Waals surface area contributed by atoms with Gasteiger partial charge in [0.15, 0.2) is 0 Å². The van der Waals surface area contributed by atoms with Gasteiger partial charge in [0.1, 0.15) is 0 Å². The van der Waals surface area contributed by atoms with E-state index < -0.39 is 0 Å². The Labute approximate surface area is 95.2 Å². The third kappa shape index (κ3) is 4.98. The molecule has 0 heterocycles. The molecule has 2 heteroatoms. The maximum atomic E-state index is 3.65. The van der Waals surface area contributed by atoms with Crippen molar-refractivity contribution in [3.8, 4) is 0 Å². The van der Waals surface area contributed by atoms with Crippen LogP contribution in [0.2, 0.25) is 0 Å². The van der Waals surface area contributed by atoms with Crippen LogP contribution in [0.15, 0.2) is 0 Å². The van der Waals surface area contributed by atoms with E-state index in [9.17, 15) is 0 Å². The molecule has 15 heavy (non-hydrogen) atoms. The molecule has 0 amide bonds. The van der Waals surface area contributed by atoms with Crippen molar-refractivity contribution >= 4 is 0 Å². The van der Waals surface area contributed by atoms with Crippen LogP contribution in [0.5, 0.6) is 0 Å². The summed E-state index contributed by atoms with van der Waals surface area (Å²) in [7, 11) is 2.05. The molecular weight excluding hydrogens is 184 g/mol. The Balaban J connectivity index is 2.09. The van der Waals surface area contributed by atoms with Crippen molar-refractivity contribution in [2.45, 2.75) is 39.5 Å². The highest BCUT2D eigenvalue weighted by Gasteiger charge is 2.16. The largest absolute Gasteiger partial charge is 0.319 e. The molecule has 0 radical (unpaired) electrons. The van der Waals surface area contributed by atoms with Gasteiger partial charge in [0.25, 0.3) is 0 Å². The van der Waals surface area contributed by atoms with E-state index in [4.69, 9.17) is 0 Å². The number of nitrogens with one attached hydrogen (secondary N) is 2. The Hall–Kier alpha value is -0.0800. The molecule has 0 bridgehead atoms. The van der Waals surface area contributed by atoms with Crippen LogP contribution in [-0.2, 0) is 0 Å².